The largest absolute Gasteiger partial charge is 0.347 e. The number of hydrogen-bond acceptors (Lipinski definition) is 2. The van der Waals surface area contributed by atoms with E-state index < -0.39 is 5.54 Å². The molecule has 1 N–H and O–H groups in total. The van der Waals surface area contributed by atoms with E-state index in [0.29, 0.717) is 11.4 Å². The molecule has 1 aromatic heterocycles. The van der Waals surface area contributed by atoms with Gasteiger partial charge < -0.3 is 5.32 Å². The van der Waals surface area contributed by atoms with Gasteiger partial charge in [0.1, 0.15) is 0 Å². The molecule has 0 aliphatic rings. The van der Waals surface area contributed by atoms with Crippen LogP contribution >= 0.6 is 11.6 Å². The van der Waals surface area contributed by atoms with Gasteiger partial charge in [0, 0.05) is 17.4 Å². The van der Waals surface area contributed by atoms with Gasteiger partial charge in [0.25, 0.3) is 0 Å². The molecule has 0 unspecified atom stereocenters. The molecule has 0 aliphatic carbocycles. The zero-order chi connectivity index (χ0) is 14.6. The van der Waals surface area contributed by atoms with E-state index in [9.17, 15) is 4.79 Å². The van der Waals surface area contributed by atoms with E-state index in [0.717, 1.165) is 11.1 Å². The van der Waals surface area contributed by atoms with Crippen LogP contribution in [0.15, 0.2) is 48.8 Å². The Morgan fingerprint density at radius 1 is 1.25 bits per heavy atom. The number of benzene rings is 1. The van der Waals surface area contributed by atoms with Crippen molar-refractivity contribution in [3.8, 4) is 0 Å². The fourth-order valence-electron chi connectivity index (χ4n) is 1.99. The Bertz CT molecular complexity index is 579. The maximum atomic E-state index is 12.1. The van der Waals surface area contributed by atoms with Crippen LogP contribution in [0.2, 0.25) is 5.02 Å². The number of amides is 1. The summed E-state index contributed by atoms with van der Waals surface area (Å²) in [6.07, 6.45) is 3.82. The molecule has 2 rings (SSSR count). The summed E-state index contributed by atoms with van der Waals surface area (Å²) in [7, 11) is 0. The number of halogens is 1. The molecule has 1 aromatic carbocycles. The Morgan fingerprint density at radius 3 is 2.55 bits per heavy atom. The van der Waals surface area contributed by atoms with Gasteiger partial charge in [-0.3, -0.25) is 9.78 Å². The van der Waals surface area contributed by atoms with Crippen LogP contribution in [0.3, 0.4) is 0 Å². The van der Waals surface area contributed by atoms with Crippen LogP contribution in [0.25, 0.3) is 0 Å². The van der Waals surface area contributed by atoms with Crippen LogP contribution in [-0.4, -0.2) is 10.9 Å². The quantitative estimate of drug-likeness (QED) is 0.938. The predicted octanol–water partition coefficient (Wildman–Crippen LogP) is 3.33. The lowest BCUT2D eigenvalue weighted by molar-refractivity contribution is -0.122. The van der Waals surface area contributed by atoms with E-state index >= 15 is 0 Å². The minimum atomic E-state index is -0.447. The predicted molar refractivity (Wildman–Crippen MR) is 80.6 cm³/mol. The van der Waals surface area contributed by atoms with Crippen molar-refractivity contribution in [3.63, 3.8) is 0 Å². The van der Waals surface area contributed by atoms with Crippen molar-refractivity contribution in [2.75, 3.05) is 0 Å². The van der Waals surface area contributed by atoms with Gasteiger partial charge in [-0.1, -0.05) is 29.8 Å². The molecule has 1 amide bonds. The third-order valence-corrected chi connectivity index (χ3v) is 3.37. The van der Waals surface area contributed by atoms with Gasteiger partial charge in [-0.05, 0) is 43.2 Å². The molecule has 0 aliphatic heterocycles. The SMILES string of the molecule is CC(C)(NC(=O)Cc1ccc(Cl)cc1)c1cccnc1. The molecule has 1 heterocycles. The minimum absolute atomic E-state index is 0.0267. The molecule has 0 atom stereocenters. The van der Waals surface area contributed by atoms with E-state index in [1.165, 1.54) is 0 Å². The lowest BCUT2D eigenvalue weighted by atomic mass is 9.95. The van der Waals surface area contributed by atoms with Crippen LogP contribution in [0, 0.1) is 0 Å². The first kappa shape index (κ1) is 14.5. The van der Waals surface area contributed by atoms with E-state index in [1.54, 1.807) is 24.5 Å². The average molecular weight is 289 g/mol. The molecule has 0 fully saturated rings. The standard InChI is InChI=1S/C16H17ClN2O/c1-16(2,13-4-3-9-18-11-13)19-15(20)10-12-5-7-14(17)8-6-12/h3-9,11H,10H2,1-2H3,(H,19,20). The van der Waals surface area contributed by atoms with E-state index in [4.69, 9.17) is 11.6 Å². The second kappa shape index (κ2) is 6.06. The third kappa shape index (κ3) is 3.81. The first-order chi connectivity index (χ1) is 9.47. The summed E-state index contributed by atoms with van der Waals surface area (Å²) < 4.78 is 0. The molecule has 0 spiro atoms. The number of carbonyl (C=O) groups is 1. The Kier molecular flexibility index (Phi) is 4.40. The second-order valence-electron chi connectivity index (χ2n) is 5.22. The first-order valence-electron chi connectivity index (χ1n) is 6.43. The molecule has 0 saturated carbocycles. The lowest BCUT2D eigenvalue weighted by Crippen LogP contribution is -2.41. The summed E-state index contributed by atoms with van der Waals surface area (Å²) in [5.74, 6) is -0.0267. The zero-order valence-electron chi connectivity index (χ0n) is 11.6. The van der Waals surface area contributed by atoms with Crippen molar-refractivity contribution in [2.24, 2.45) is 0 Å². The fraction of sp³-hybridized carbons (Fsp3) is 0.250. The summed E-state index contributed by atoms with van der Waals surface area (Å²) in [5.41, 5.74) is 1.47. The van der Waals surface area contributed by atoms with Crippen molar-refractivity contribution in [3.05, 3.63) is 64.9 Å². The molecule has 0 radical (unpaired) electrons. The summed E-state index contributed by atoms with van der Waals surface area (Å²) >= 11 is 5.83. The molecular formula is C16H17ClN2O. The van der Waals surface area contributed by atoms with Crippen molar-refractivity contribution in [2.45, 2.75) is 25.8 Å². The highest BCUT2D eigenvalue weighted by Crippen LogP contribution is 2.19. The Labute approximate surface area is 124 Å². The molecule has 0 bridgehead atoms. The van der Waals surface area contributed by atoms with Crippen molar-refractivity contribution in [1.29, 1.82) is 0 Å². The number of pyridine rings is 1. The molecular weight excluding hydrogens is 272 g/mol. The van der Waals surface area contributed by atoms with Gasteiger partial charge in [0.15, 0.2) is 0 Å². The molecule has 3 nitrogen and oxygen atoms in total. The maximum Gasteiger partial charge on any atom is 0.225 e. The van der Waals surface area contributed by atoms with E-state index in [2.05, 4.69) is 10.3 Å². The topological polar surface area (TPSA) is 42.0 Å². The molecule has 4 heteroatoms. The second-order valence-corrected chi connectivity index (χ2v) is 5.65. The van der Waals surface area contributed by atoms with Crippen LogP contribution < -0.4 is 5.32 Å². The highest BCUT2D eigenvalue weighted by Gasteiger charge is 2.22. The maximum absolute atomic E-state index is 12.1. The van der Waals surface area contributed by atoms with Crippen molar-refractivity contribution in [1.82, 2.24) is 10.3 Å². The summed E-state index contributed by atoms with van der Waals surface area (Å²) in [6, 6.07) is 11.1. The van der Waals surface area contributed by atoms with Crippen LogP contribution in [0.5, 0.6) is 0 Å². The normalized spacial score (nSPS) is 11.2. The van der Waals surface area contributed by atoms with Crippen LogP contribution in [0.4, 0.5) is 0 Å². The van der Waals surface area contributed by atoms with Gasteiger partial charge in [0.2, 0.25) is 5.91 Å². The number of aromatic nitrogens is 1. The monoisotopic (exact) mass is 288 g/mol. The van der Waals surface area contributed by atoms with Crippen molar-refractivity contribution < 1.29 is 4.79 Å². The minimum Gasteiger partial charge on any atom is -0.347 e. The number of rotatable bonds is 4. The highest BCUT2D eigenvalue weighted by atomic mass is 35.5. The Hall–Kier alpha value is -1.87. The number of nitrogens with one attached hydrogen (secondary N) is 1. The van der Waals surface area contributed by atoms with Crippen molar-refractivity contribution >= 4 is 17.5 Å². The average Bonchev–Trinajstić information content (AvgIpc) is 2.42. The third-order valence-electron chi connectivity index (χ3n) is 3.11. The molecule has 104 valence electrons. The van der Waals surface area contributed by atoms with Gasteiger partial charge in [-0.15, -0.1) is 0 Å². The highest BCUT2D eigenvalue weighted by molar-refractivity contribution is 6.30. The Balaban J connectivity index is 2.02. The Morgan fingerprint density at radius 2 is 1.95 bits per heavy atom. The summed E-state index contributed by atoms with van der Waals surface area (Å²) in [4.78, 5) is 16.2. The van der Waals surface area contributed by atoms with Crippen LogP contribution in [-0.2, 0) is 16.8 Å². The number of hydrogen-bond donors (Lipinski definition) is 1. The number of nitrogens with zero attached hydrogens (tertiary/aromatic N) is 1. The van der Waals surface area contributed by atoms with E-state index in [-0.39, 0.29) is 5.91 Å². The molecule has 2 aromatic rings. The zero-order valence-corrected chi connectivity index (χ0v) is 12.3. The molecule has 0 saturated heterocycles. The van der Waals surface area contributed by atoms with E-state index in [1.807, 2.05) is 38.1 Å². The number of carbonyl (C=O) groups excluding carboxylic acids is 1. The van der Waals surface area contributed by atoms with Gasteiger partial charge in [-0.2, -0.15) is 0 Å². The van der Waals surface area contributed by atoms with Gasteiger partial charge >= 0.3 is 0 Å². The first-order valence-corrected chi connectivity index (χ1v) is 6.81. The fourth-order valence-corrected chi connectivity index (χ4v) is 2.11. The summed E-state index contributed by atoms with van der Waals surface area (Å²) in [6.45, 7) is 3.92. The molecule has 20 heavy (non-hydrogen) atoms. The lowest BCUT2D eigenvalue weighted by Gasteiger charge is -2.26. The smallest absolute Gasteiger partial charge is 0.225 e. The van der Waals surface area contributed by atoms with Crippen LogP contribution in [0.1, 0.15) is 25.0 Å². The van der Waals surface area contributed by atoms with Gasteiger partial charge in [0.05, 0.1) is 12.0 Å². The summed E-state index contributed by atoms with van der Waals surface area (Å²) in [5, 5.41) is 3.69. The van der Waals surface area contributed by atoms with Gasteiger partial charge in [-0.25, -0.2) is 0 Å².